The number of rotatable bonds is 40. The summed E-state index contributed by atoms with van der Waals surface area (Å²) in [7, 11) is 1.48. The zero-order valence-electron chi connectivity index (χ0n) is 54.0. The SMILES string of the molecule is COc1ccc(C[C@@H](NC(=O)CCCc2ccc(N=[N+]=[N-])cc2)C(=O)N[C@@H](Cc2ccccc2)C(=O)N[C@@H](CCC(N)=O)C(=O)N[C@@H](CC(N)=O)C(=O)N[C@@H](CCCN=C(N)N)C(=O)N2CCC[C@@H]2C(=O)N[C@@H](CCCN=C(N)N)C(=O)N[C@@H](Cc2ccc(O)c(I)c2)C(N)=O)cc1. The maximum Gasteiger partial charge on any atom is 0.245 e. The number of nitrogens with zero attached hydrogens (tertiary/aromatic N) is 6. The number of halogens is 1. The minimum absolute atomic E-state index is 0.00545. The number of ether oxygens (including phenoxy) is 1. The largest absolute Gasteiger partial charge is 0.507 e. The van der Waals surface area contributed by atoms with Crippen LogP contribution in [0.1, 0.15) is 92.9 Å². The van der Waals surface area contributed by atoms with E-state index in [1.165, 1.54) is 18.1 Å². The van der Waals surface area contributed by atoms with Crippen molar-refractivity contribution in [3.8, 4) is 11.5 Å². The molecule has 5 rings (SSSR count). The number of aliphatic imine (C=N–C) groups is 2. The van der Waals surface area contributed by atoms with Crippen LogP contribution in [0.2, 0.25) is 0 Å². The Morgan fingerprint density at radius 1 is 0.582 bits per heavy atom. The number of likely N-dealkylation sites (tertiary alicyclic amines) is 1. The molecule has 22 N–H and O–H groups in total. The Morgan fingerprint density at radius 2 is 1.09 bits per heavy atom. The van der Waals surface area contributed by atoms with Crippen LogP contribution in [0.5, 0.6) is 11.5 Å². The van der Waals surface area contributed by atoms with Crippen molar-refractivity contribution in [2.45, 2.75) is 145 Å². The Labute approximate surface area is 578 Å². The van der Waals surface area contributed by atoms with Gasteiger partial charge in [-0.1, -0.05) is 77.9 Å². The third kappa shape index (κ3) is 26.8. The third-order valence-electron chi connectivity index (χ3n) is 15.6. The highest BCUT2D eigenvalue weighted by atomic mass is 127. The fraction of sp³-hybridized carbons (Fsp3) is 0.422. The zero-order chi connectivity index (χ0) is 71.8. The van der Waals surface area contributed by atoms with Gasteiger partial charge in [0.05, 0.1) is 17.1 Å². The monoisotopic (exact) mass is 1470 g/mol. The summed E-state index contributed by atoms with van der Waals surface area (Å²) in [5.41, 5.74) is 50.9. The first kappa shape index (κ1) is 77.9. The smallest absolute Gasteiger partial charge is 0.245 e. The number of nitrogens with two attached hydrogens (primary N) is 7. The predicted octanol–water partition coefficient (Wildman–Crippen LogP) is -0.884. The number of hydrogen-bond donors (Lipinski definition) is 15. The number of guanidine groups is 2. The van der Waals surface area contributed by atoms with E-state index >= 15 is 0 Å². The van der Waals surface area contributed by atoms with Crippen LogP contribution in [0.15, 0.2) is 112 Å². The van der Waals surface area contributed by atoms with Crippen molar-refractivity contribution in [1.82, 2.24) is 42.1 Å². The number of nitrogens with one attached hydrogen (secondary N) is 7. The van der Waals surface area contributed by atoms with Gasteiger partial charge < -0.3 is 92.1 Å². The number of azide groups is 1. The van der Waals surface area contributed by atoms with Gasteiger partial charge in [0.15, 0.2) is 11.9 Å². The van der Waals surface area contributed by atoms with E-state index in [4.69, 9.17) is 50.4 Å². The highest BCUT2D eigenvalue weighted by molar-refractivity contribution is 14.1. The summed E-state index contributed by atoms with van der Waals surface area (Å²) in [6.07, 6.45) is -1.08. The molecule has 0 bridgehead atoms. The van der Waals surface area contributed by atoms with Crippen molar-refractivity contribution in [2.24, 2.45) is 55.2 Å². The van der Waals surface area contributed by atoms with Gasteiger partial charge in [0, 0.05) is 62.3 Å². The van der Waals surface area contributed by atoms with Crippen LogP contribution >= 0.6 is 22.6 Å². The van der Waals surface area contributed by atoms with Crippen LogP contribution in [0, 0.1) is 3.57 Å². The highest BCUT2D eigenvalue weighted by Crippen LogP contribution is 2.24. The highest BCUT2D eigenvalue weighted by Gasteiger charge is 2.41. The summed E-state index contributed by atoms with van der Waals surface area (Å²) in [5.74, 6) is -9.85. The number of benzene rings is 4. The predicted molar refractivity (Wildman–Crippen MR) is 369 cm³/mol. The second kappa shape index (κ2) is 39.9. The van der Waals surface area contributed by atoms with Crippen LogP contribution < -0.4 is 82.1 Å². The lowest BCUT2D eigenvalue weighted by molar-refractivity contribution is -0.143. The molecule has 1 aliphatic rings. The molecule has 1 fully saturated rings. The van der Waals surface area contributed by atoms with Crippen molar-refractivity contribution >= 4 is 105 Å². The lowest BCUT2D eigenvalue weighted by atomic mass is 10.0. The van der Waals surface area contributed by atoms with Crippen molar-refractivity contribution < 1.29 is 62.6 Å². The first-order valence-corrected chi connectivity index (χ1v) is 32.5. The Balaban J connectivity index is 1.38. The van der Waals surface area contributed by atoms with E-state index in [-0.39, 0.29) is 102 Å². The molecule has 98 heavy (non-hydrogen) atoms. The molecule has 1 saturated heterocycles. The van der Waals surface area contributed by atoms with E-state index in [9.17, 15) is 57.8 Å². The normalized spacial score (nSPS) is 14.5. The van der Waals surface area contributed by atoms with Gasteiger partial charge in [-0.15, -0.1) is 0 Å². The van der Waals surface area contributed by atoms with Crippen molar-refractivity contribution in [3.63, 3.8) is 0 Å². The average molecular weight is 1470 g/mol. The fourth-order valence-corrected chi connectivity index (χ4v) is 11.1. The minimum atomic E-state index is -1.87. The van der Waals surface area contributed by atoms with Gasteiger partial charge in [0.2, 0.25) is 65.0 Å². The molecule has 1 heterocycles. The van der Waals surface area contributed by atoms with Gasteiger partial charge in [-0.2, -0.15) is 0 Å². The maximum atomic E-state index is 14.8. The van der Waals surface area contributed by atoms with Crippen molar-refractivity contribution in [1.29, 1.82) is 0 Å². The molecule has 4 aromatic carbocycles. The molecule has 0 aliphatic carbocycles. The third-order valence-corrected chi connectivity index (χ3v) is 16.4. The number of phenols is 1. The average Bonchev–Trinajstić information content (AvgIpc) is 1.57. The standard InChI is InChI=1S/C64H85IN20O13/c1-98-41-23-18-38(19-24-41)33-47(76-54(89)15-5-11-36-16-21-40(22-17-36)83-84-73)58(93)81-48(32-37-9-3-2-4-10-37)59(94)77-44(25-27-52(66)87)57(92)82-49(35-53(67)88)60(95)79-45(13-7-29-75-64(71)72)62(97)85-30-8-14-50(85)61(96)78-43(12-6-28-74-63(69)70)56(91)80-46(55(68)90)34-39-20-26-51(86)42(65)31-39/h2-4,9-10,16-24,26,31,43-50,86H,5-8,11-15,25,27-30,32-35H2,1H3,(H2,66,87)(H2,67,88)(H2,68,90)(H,76,89)(H,77,94)(H,78,96)(H,79,95)(H,80,91)(H,81,93)(H,82,92)(H4,69,70,74)(H4,71,72,75)/t43-,44-,45-,46-,47+,48-,49-,50+/m0/s1. The second-order valence-electron chi connectivity index (χ2n) is 23.1. The summed E-state index contributed by atoms with van der Waals surface area (Å²) < 4.78 is 5.78. The van der Waals surface area contributed by atoms with Crippen LogP contribution in [0.4, 0.5) is 5.69 Å². The number of aromatic hydroxyl groups is 1. The van der Waals surface area contributed by atoms with E-state index in [0.717, 1.165) is 5.56 Å². The first-order valence-electron chi connectivity index (χ1n) is 31.4. The quantitative estimate of drug-likeness (QED) is 0.00489. The minimum Gasteiger partial charge on any atom is -0.507 e. The molecule has 8 atom stereocenters. The van der Waals surface area contributed by atoms with Gasteiger partial charge in [-0.3, -0.25) is 62.7 Å². The lowest BCUT2D eigenvalue weighted by Gasteiger charge is -2.31. The zero-order valence-corrected chi connectivity index (χ0v) is 56.2. The number of hydrogen-bond acceptors (Lipinski definition) is 16. The number of methoxy groups -OCH3 is 1. The maximum absolute atomic E-state index is 14.8. The van der Waals surface area contributed by atoms with Crippen LogP contribution in [-0.2, 0) is 78.4 Å². The molecule has 526 valence electrons. The summed E-state index contributed by atoms with van der Waals surface area (Å²) in [6, 6.07) is 14.8. The number of phenolic OH excluding ortho intramolecular Hbond substituents is 1. The van der Waals surface area contributed by atoms with E-state index in [1.54, 1.807) is 91.0 Å². The molecule has 33 nitrogen and oxygen atoms in total. The molecular weight excluding hydrogens is 1380 g/mol. The van der Waals surface area contributed by atoms with Crippen LogP contribution in [-0.4, -0.2) is 162 Å². The van der Waals surface area contributed by atoms with E-state index in [1.807, 2.05) is 22.6 Å². The number of amides is 11. The van der Waals surface area contributed by atoms with Crippen molar-refractivity contribution in [2.75, 3.05) is 26.7 Å². The number of carbonyl (C=O) groups is 11. The van der Waals surface area contributed by atoms with Gasteiger partial charge in [0.25, 0.3) is 0 Å². The van der Waals surface area contributed by atoms with Gasteiger partial charge in [-0.25, -0.2) is 0 Å². The van der Waals surface area contributed by atoms with Gasteiger partial charge in [-0.05, 0) is 132 Å². The van der Waals surface area contributed by atoms with E-state index in [0.29, 0.717) is 44.5 Å². The van der Waals surface area contributed by atoms with Gasteiger partial charge in [0.1, 0.15) is 59.8 Å². The molecule has 1 aliphatic heterocycles. The molecule has 11 amide bonds. The van der Waals surface area contributed by atoms with Crippen LogP contribution in [0.3, 0.4) is 0 Å². The number of carbonyl (C=O) groups excluding carboxylic acids is 11. The summed E-state index contributed by atoms with van der Waals surface area (Å²) >= 11 is 1.90. The van der Waals surface area contributed by atoms with Crippen LogP contribution in [0.25, 0.3) is 10.4 Å². The molecule has 0 aromatic heterocycles. The summed E-state index contributed by atoms with van der Waals surface area (Å²) in [5, 5.41) is 32.0. The van der Waals surface area contributed by atoms with E-state index < -0.39 is 133 Å². The summed E-state index contributed by atoms with van der Waals surface area (Å²) in [4.78, 5) is 165. The Morgan fingerprint density at radius 3 is 1.66 bits per heavy atom. The van der Waals surface area contributed by atoms with Gasteiger partial charge >= 0.3 is 0 Å². The Bertz CT molecular complexity index is 3550. The van der Waals surface area contributed by atoms with E-state index in [2.05, 4.69) is 57.2 Å². The first-order chi connectivity index (χ1) is 46.7. The molecule has 0 unspecified atom stereocenters. The number of primary amides is 3. The second-order valence-corrected chi connectivity index (χ2v) is 24.3. The molecule has 0 saturated carbocycles. The molecule has 4 aromatic rings. The molecular formula is C64H85IN20O13. The topological polar surface area (TPSA) is 560 Å². The molecule has 0 radical (unpaired) electrons. The Hall–Kier alpha value is -10.8. The summed E-state index contributed by atoms with van der Waals surface area (Å²) in [6.45, 7) is -0.0370. The molecule has 34 heteroatoms. The van der Waals surface area contributed by atoms with Crippen molar-refractivity contribution in [3.05, 3.63) is 133 Å². The lowest BCUT2D eigenvalue weighted by Crippen LogP contribution is -2.60. The molecule has 0 spiro atoms. The Kier molecular flexibility index (Phi) is 31.8. The fourth-order valence-electron chi connectivity index (χ4n) is 10.5. The number of aryl methyl sites for hydroxylation is 1.